The summed E-state index contributed by atoms with van der Waals surface area (Å²) in [5.41, 5.74) is 11.8. The molecular weight excluding hydrogens is 216 g/mol. The molecule has 1 rings (SSSR count). The first-order chi connectivity index (χ1) is 7.11. The summed E-state index contributed by atoms with van der Waals surface area (Å²) in [6.45, 7) is 0.441. The molecule has 0 amide bonds. The predicted molar refractivity (Wildman–Crippen MR) is 60.3 cm³/mol. The van der Waals surface area contributed by atoms with Crippen molar-refractivity contribution in [2.24, 2.45) is 11.5 Å². The highest BCUT2D eigenvalue weighted by Gasteiger charge is 2.18. The Kier molecular flexibility index (Phi) is 4.20. The largest absolute Gasteiger partial charge is 0.506 e. The van der Waals surface area contributed by atoms with E-state index >= 15 is 0 Å². The molecule has 0 aliphatic rings. The molecule has 15 heavy (non-hydrogen) atoms. The standard InChI is InChI=1S/C10H15ClN2O2/c1-15-8-3-2-6(11)10(14)9(8)7(13)4-5-12/h2-3,7,14H,4-5,12-13H2,1H3/t7-/m0/s1. The maximum absolute atomic E-state index is 9.77. The van der Waals surface area contributed by atoms with Gasteiger partial charge in [-0.05, 0) is 25.1 Å². The normalized spacial score (nSPS) is 12.5. The van der Waals surface area contributed by atoms with Crippen molar-refractivity contribution in [3.8, 4) is 11.5 Å². The van der Waals surface area contributed by atoms with Gasteiger partial charge in [-0.25, -0.2) is 0 Å². The molecule has 1 atom stereocenters. The number of ether oxygens (including phenoxy) is 1. The fourth-order valence-electron chi connectivity index (χ4n) is 1.42. The first kappa shape index (κ1) is 12.1. The van der Waals surface area contributed by atoms with Gasteiger partial charge >= 0.3 is 0 Å². The molecule has 0 aromatic heterocycles. The summed E-state index contributed by atoms with van der Waals surface area (Å²) in [5, 5.41) is 10.0. The van der Waals surface area contributed by atoms with Crippen molar-refractivity contribution in [1.82, 2.24) is 0 Å². The van der Waals surface area contributed by atoms with Gasteiger partial charge in [0.1, 0.15) is 11.5 Å². The Hall–Kier alpha value is -0.970. The Morgan fingerprint density at radius 3 is 2.73 bits per heavy atom. The first-order valence-corrected chi connectivity index (χ1v) is 5.00. The van der Waals surface area contributed by atoms with E-state index in [1.54, 1.807) is 12.1 Å². The van der Waals surface area contributed by atoms with Gasteiger partial charge in [-0.15, -0.1) is 0 Å². The molecule has 0 aliphatic carbocycles. The van der Waals surface area contributed by atoms with E-state index in [4.69, 9.17) is 27.8 Å². The van der Waals surface area contributed by atoms with Gasteiger partial charge in [-0.1, -0.05) is 11.6 Å². The summed E-state index contributed by atoms with van der Waals surface area (Å²) in [5.74, 6) is 0.495. The summed E-state index contributed by atoms with van der Waals surface area (Å²) in [6.07, 6.45) is 0.560. The maximum atomic E-state index is 9.77. The zero-order valence-corrected chi connectivity index (χ0v) is 9.29. The number of nitrogens with two attached hydrogens (primary N) is 2. The molecule has 4 nitrogen and oxygen atoms in total. The molecule has 0 bridgehead atoms. The monoisotopic (exact) mass is 230 g/mol. The van der Waals surface area contributed by atoms with Crippen LogP contribution in [-0.4, -0.2) is 18.8 Å². The van der Waals surface area contributed by atoms with Crippen molar-refractivity contribution in [3.05, 3.63) is 22.7 Å². The molecular formula is C10H15ClN2O2. The number of hydrogen-bond donors (Lipinski definition) is 3. The van der Waals surface area contributed by atoms with Crippen molar-refractivity contribution in [2.45, 2.75) is 12.5 Å². The average molecular weight is 231 g/mol. The average Bonchev–Trinajstić information content (AvgIpc) is 2.22. The van der Waals surface area contributed by atoms with Crippen molar-refractivity contribution in [1.29, 1.82) is 0 Å². The molecule has 5 heteroatoms. The Morgan fingerprint density at radius 1 is 1.53 bits per heavy atom. The van der Waals surface area contributed by atoms with Crippen LogP contribution in [0.1, 0.15) is 18.0 Å². The van der Waals surface area contributed by atoms with Crippen LogP contribution in [0.4, 0.5) is 0 Å². The second kappa shape index (κ2) is 5.21. The third kappa shape index (κ3) is 2.53. The van der Waals surface area contributed by atoms with Crippen LogP contribution >= 0.6 is 11.6 Å². The lowest BCUT2D eigenvalue weighted by Gasteiger charge is -2.17. The van der Waals surface area contributed by atoms with Crippen LogP contribution in [-0.2, 0) is 0 Å². The topological polar surface area (TPSA) is 81.5 Å². The molecule has 0 unspecified atom stereocenters. The molecule has 0 heterocycles. The number of phenols is 1. The second-order valence-electron chi connectivity index (χ2n) is 3.20. The summed E-state index contributed by atoms with van der Waals surface area (Å²) < 4.78 is 5.11. The summed E-state index contributed by atoms with van der Waals surface area (Å²) >= 11 is 5.79. The van der Waals surface area contributed by atoms with Crippen LogP contribution in [0.25, 0.3) is 0 Å². The number of methoxy groups -OCH3 is 1. The number of hydrogen-bond acceptors (Lipinski definition) is 4. The van der Waals surface area contributed by atoms with E-state index in [1.807, 2.05) is 0 Å². The first-order valence-electron chi connectivity index (χ1n) is 4.62. The molecule has 1 aromatic carbocycles. The van der Waals surface area contributed by atoms with Gasteiger partial charge < -0.3 is 21.3 Å². The Labute approximate surface area is 93.8 Å². The molecule has 1 aromatic rings. The van der Waals surface area contributed by atoms with Crippen molar-refractivity contribution in [3.63, 3.8) is 0 Å². The van der Waals surface area contributed by atoms with Crippen LogP contribution in [0, 0.1) is 0 Å². The zero-order valence-electron chi connectivity index (χ0n) is 8.53. The number of phenolic OH excluding ortho intramolecular Hbond substituents is 1. The van der Waals surface area contributed by atoms with Gasteiger partial charge in [0.15, 0.2) is 0 Å². The molecule has 0 fully saturated rings. The van der Waals surface area contributed by atoms with Crippen LogP contribution in [0.3, 0.4) is 0 Å². The summed E-state index contributed by atoms with van der Waals surface area (Å²) in [7, 11) is 1.52. The third-order valence-electron chi connectivity index (χ3n) is 2.20. The SMILES string of the molecule is COc1ccc(Cl)c(O)c1[C@@H](N)CCN. The Morgan fingerprint density at radius 2 is 2.20 bits per heavy atom. The van der Waals surface area contributed by atoms with E-state index in [-0.39, 0.29) is 16.8 Å². The molecule has 84 valence electrons. The van der Waals surface area contributed by atoms with Crippen LogP contribution in [0.5, 0.6) is 11.5 Å². The minimum Gasteiger partial charge on any atom is -0.506 e. The van der Waals surface area contributed by atoms with E-state index in [2.05, 4.69) is 0 Å². The van der Waals surface area contributed by atoms with E-state index in [9.17, 15) is 5.11 Å². The maximum Gasteiger partial charge on any atom is 0.142 e. The van der Waals surface area contributed by atoms with Gasteiger partial charge in [0.2, 0.25) is 0 Å². The quantitative estimate of drug-likeness (QED) is 0.731. The molecule has 0 saturated heterocycles. The Bertz CT molecular complexity index is 344. The number of halogens is 1. The smallest absolute Gasteiger partial charge is 0.142 e. The number of benzene rings is 1. The van der Waals surface area contributed by atoms with Gasteiger partial charge in [0.05, 0.1) is 17.7 Å². The summed E-state index contributed by atoms with van der Waals surface area (Å²) in [4.78, 5) is 0. The number of rotatable bonds is 4. The third-order valence-corrected chi connectivity index (χ3v) is 2.50. The Balaban J connectivity index is 3.17. The van der Waals surface area contributed by atoms with Crippen LogP contribution < -0.4 is 16.2 Å². The lowest BCUT2D eigenvalue weighted by Crippen LogP contribution is -2.16. The van der Waals surface area contributed by atoms with E-state index < -0.39 is 0 Å². The highest BCUT2D eigenvalue weighted by Crippen LogP contribution is 2.38. The molecule has 0 aliphatic heterocycles. The van der Waals surface area contributed by atoms with Gasteiger partial charge in [0.25, 0.3) is 0 Å². The molecule has 0 saturated carbocycles. The van der Waals surface area contributed by atoms with Crippen molar-refractivity contribution >= 4 is 11.6 Å². The molecule has 0 radical (unpaired) electrons. The fraction of sp³-hybridized carbons (Fsp3) is 0.400. The molecule has 5 N–H and O–H groups in total. The minimum atomic E-state index is -0.372. The highest BCUT2D eigenvalue weighted by molar-refractivity contribution is 6.32. The fourth-order valence-corrected chi connectivity index (χ4v) is 1.59. The van der Waals surface area contributed by atoms with E-state index in [1.165, 1.54) is 7.11 Å². The van der Waals surface area contributed by atoms with E-state index in [0.717, 1.165) is 0 Å². The second-order valence-corrected chi connectivity index (χ2v) is 3.60. The lowest BCUT2D eigenvalue weighted by molar-refractivity contribution is 0.392. The van der Waals surface area contributed by atoms with E-state index in [0.29, 0.717) is 24.3 Å². The van der Waals surface area contributed by atoms with Gasteiger partial charge in [-0.2, -0.15) is 0 Å². The minimum absolute atomic E-state index is 0.0306. The van der Waals surface area contributed by atoms with Crippen LogP contribution in [0.2, 0.25) is 5.02 Å². The molecule has 0 spiro atoms. The van der Waals surface area contributed by atoms with Crippen molar-refractivity contribution < 1.29 is 9.84 Å². The summed E-state index contributed by atoms with van der Waals surface area (Å²) in [6, 6.07) is 2.87. The highest BCUT2D eigenvalue weighted by atomic mass is 35.5. The van der Waals surface area contributed by atoms with Gasteiger partial charge in [-0.3, -0.25) is 0 Å². The van der Waals surface area contributed by atoms with Gasteiger partial charge in [0, 0.05) is 6.04 Å². The zero-order chi connectivity index (χ0) is 11.4. The van der Waals surface area contributed by atoms with Crippen LogP contribution in [0.15, 0.2) is 12.1 Å². The predicted octanol–water partition coefficient (Wildman–Crippen LogP) is 1.40. The lowest BCUT2D eigenvalue weighted by atomic mass is 10.0. The number of aromatic hydroxyl groups is 1. The van der Waals surface area contributed by atoms with Crippen molar-refractivity contribution in [2.75, 3.05) is 13.7 Å².